The van der Waals surface area contributed by atoms with Crippen LogP contribution in [-0.2, 0) is 14.4 Å². The number of imide groups is 1. The van der Waals surface area contributed by atoms with Crippen LogP contribution in [0.15, 0.2) is 34.1 Å². The van der Waals surface area contributed by atoms with E-state index in [-0.39, 0.29) is 64.5 Å². The summed E-state index contributed by atoms with van der Waals surface area (Å²) in [4.78, 5) is 54.9. The maximum absolute atomic E-state index is 13.3. The highest BCUT2D eigenvalue weighted by molar-refractivity contribution is 8.00. The van der Waals surface area contributed by atoms with Crippen molar-refractivity contribution in [3.05, 3.63) is 44.4 Å². The first-order valence-electron chi connectivity index (χ1n) is 11.0. The van der Waals surface area contributed by atoms with Gasteiger partial charge in [-0.15, -0.1) is 11.8 Å². The topological polar surface area (TPSA) is 117 Å². The smallest absolute Gasteiger partial charge is 0.305 e. The Bertz CT molecular complexity index is 1220. The molecule has 2 N–H and O–H groups in total. The van der Waals surface area contributed by atoms with Gasteiger partial charge in [0.15, 0.2) is 0 Å². The zero-order chi connectivity index (χ0) is 23.0. The monoisotopic (exact) mass is 486 g/mol. The van der Waals surface area contributed by atoms with Crippen molar-refractivity contribution in [1.82, 2.24) is 9.88 Å². The molecule has 2 aromatic rings. The number of hydrogen-bond donors (Lipinski definition) is 2. The van der Waals surface area contributed by atoms with Gasteiger partial charge in [0.2, 0.25) is 11.8 Å². The second kappa shape index (κ2) is 7.46. The molecule has 10 heteroatoms. The third kappa shape index (κ3) is 2.96. The Morgan fingerprint density at radius 2 is 1.85 bits per heavy atom. The zero-order valence-electron chi connectivity index (χ0n) is 17.7. The fraction of sp³-hybridized carbons (Fsp3) is 0.478. The van der Waals surface area contributed by atoms with Crippen molar-refractivity contribution in [2.24, 2.45) is 29.6 Å². The number of aromatic nitrogens is 1. The molecule has 0 spiro atoms. The molecule has 7 atom stereocenters. The molecule has 0 radical (unpaired) electrons. The summed E-state index contributed by atoms with van der Waals surface area (Å²) in [6, 6.07) is 7.87. The molecule has 2 saturated carbocycles. The SMILES string of the molecule is COc1ccc([C@H]2c3sc(=O)[nH]c3S[C@H]3[C@@H]4C[C@H]([C@H]5C(=O)N(CCC(=O)O)C(=O)[C@H]45)[C@@H]23)cc1. The number of carbonyl (C=O) groups is 3. The zero-order valence-corrected chi connectivity index (χ0v) is 19.4. The molecule has 2 aliphatic carbocycles. The molecule has 6 rings (SSSR count). The number of carboxylic acids is 1. The number of methoxy groups -OCH3 is 1. The molecule has 2 aliphatic heterocycles. The van der Waals surface area contributed by atoms with E-state index in [1.165, 1.54) is 16.2 Å². The minimum atomic E-state index is -1.02. The number of aromatic amines is 1. The molecule has 3 fully saturated rings. The van der Waals surface area contributed by atoms with Gasteiger partial charge in [0.25, 0.3) is 0 Å². The fourth-order valence-electron chi connectivity index (χ4n) is 6.69. The van der Waals surface area contributed by atoms with Gasteiger partial charge >= 0.3 is 10.8 Å². The van der Waals surface area contributed by atoms with Crippen LogP contribution in [0.1, 0.15) is 29.2 Å². The van der Waals surface area contributed by atoms with E-state index in [1.54, 1.807) is 18.9 Å². The van der Waals surface area contributed by atoms with Crippen molar-refractivity contribution < 1.29 is 24.2 Å². The number of carbonyl (C=O) groups excluding carboxylic acids is 2. The average molecular weight is 487 g/mol. The standard InChI is InChI=1S/C23H22N2O6S2/c1-31-10-4-2-9(3-5-10)14-15-11-8-12(18(15)32-20-19(14)33-23(30)24-20)17-16(11)21(28)25(22(17)29)7-6-13(26)27/h2-5,11-12,14-18H,6-8H2,1H3,(H,24,30)(H,26,27)/t11-,12+,14+,15-,16+,17+,18-/m0/s1. The Morgan fingerprint density at radius 1 is 1.15 bits per heavy atom. The largest absolute Gasteiger partial charge is 0.497 e. The van der Waals surface area contributed by atoms with Crippen LogP contribution in [0, 0.1) is 29.6 Å². The lowest BCUT2D eigenvalue weighted by Gasteiger charge is -2.43. The number of amides is 2. The van der Waals surface area contributed by atoms with Gasteiger partial charge in [-0.2, -0.15) is 0 Å². The van der Waals surface area contributed by atoms with Gasteiger partial charge in [0, 0.05) is 22.6 Å². The molecule has 3 heterocycles. The number of aliphatic carboxylic acids is 1. The summed E-state index contributed by atoms with van der Waals surface area (Å²) in [5.74, 6) is -1.32. The summed E-state index contributed by atoms with van der Waals surface area (Å²) in [5, 5.41) is 10.0. The second-order valence-electron chi connectivity index (χ2n) is 9.21. The lowest BCUT2D eigenvalue weighted by Crippen LogP contribution is -2.42. The van der Waals surface area contributed by atoms with E-state index in [0.29, 0.717) is 0 Å². The average Bonchev–Trinajstić information content (AvgIpc) is 3.52. The van der Waals surface area contributed by atoms with E-state index < -0.39 is 11.9 Å². The molecule has 0 unspecified atom stereocenters. The number of likely N-dealkylation sites (tertiary alicyclic amines) is 1. The van der Waals surface area contributed by atoms with Crippen LogP contribution in [0.2, 0.25) is 0 Å². The third-order valence-corrected chi connectivity index (χ3v) is 10.4. The molecule has 1 saturated heterocycles. The van der Waals surface area contributed by atoms with Crippen LogP contribution in [0.5, 0.6) is 5.75 Å². The Kier molecular flexibility index (Phi) is 4.74. The van der Waals surface area contributed by atoms with Gasteiger partial charge < -0.3 is 14.8 Å². The first-order chi connectivity index (χ1) is 15.9. The van der Waals surface area contributed by atoms with Gasteiger partial charge in [0.1, 0.15) is 5.75 Å². The lowest BCUT2D eigenvalue weighted by atomic mass is 9.68. The minimum Gasteiger partial charge on any atom is -0.497 e. The fourth-order valence-corrected chi connectivity index (χ4v) is 9.58. The van der Waals surface area contributed by atoms with Crippen LogP contribution in [0.25, 0.3) is 0 Å². The molecule has 1 aromatic carbocycles. The number of thiazole rings is 1. The van der Waals surface area contributed by atoms with Crippen LogP contribution in [0.3, 0.4) is 0 Å². The van der Waals surface area contributed by atoms with Crippen LogP contribution >= 0.6 is 23.1 Å². The number of nitrogens with zero attached hydrogens (tertiary/aromatic N) is 1. The summed E-state index contributed by atoms with van der Waals surface area (Å²) < 4.78 is 5.31. The molecule has 172 valence electrons. The number of benzene rings is 1. The minimum absolute atomic E-state index is 0.0289. The Balaban J connectivity index is 1.40. The van der Waals surface area contributed by atoms with E-state index >= 15 is 0 Å². The number of hydrogen-bond acceptors (Lipinski definition) is 7. The molecule has 2 bridgehead atoms. The number of ether oxygens (including phenoxy) is 1. The number of thioether (sulfide) groups is 1. The van der Waals surface area contributed by atoms with Crippen molar-refractivity contribution in [3.63, 3.8) is 0 Å². The molecule has 33 heavy (non-hydrogen) atoms. The van der Waals surface area contributed by atoms with Crippen molar-refractivity contribution in [3.8, 4) is 5.75 Å². The number of nitrogens with one attached hydrogen (secondary N) is 1. The predicted octanol–water partition coefficient (Wildman–Crippen LogP) is 2.39. The van der Waals surface area contributed by atoms with E-state index in [9.17, 15) is 19.2 Å². The lowest BCUT2D eigenvalue weighted by molar-refractivity contribution is -0.142. The van der Waals surface area contributed by atoms with Gasteiger partial charge in [-0.1, -0.05) is 23.5 Å². The van der Waals surface area contributed by atoms with Crippen molar-refractivity contribution in [1.29, 1.82) is 0 Å². The molecular weight excluding hydrogens is 464 g/mol. The van der Waals surface area contributed by atoms with E-state index in [4.69, 9.17) is 9.84 Å². The number of H-pyrrole nitrogens is 1. The molecule has 8 nitrogen and oxygen atoms in total. The Hall–Kier alpha value is -2.59. The second-order valence-corrected chi connectivity index (χ2v) is 11.4. The van der Waals surface area contributed by atoms with Gasteiger partial charge in [-0.25, -0.2) is 0 Å². The molecule has 1 aromatic heterocycles. The van der Waals surface area contributed by atoms with Crippen LogP contribution in [0.4, 0.5) is 0 Å². The first kappa shape index (κ1) is 21.0. The highest BCUT2D eigenvalue weighted by atomic mass is 32.2. The highest BCUT2D eigenvalue weighted by Crippen LogP contribution is 2.68. The highest BCUT2D eigenvalue weighted by Gasteiger charge is 2.69. The van der Waals surface area contributed by atoms with Crippen LogP contribution in [-0.4, -0.2) is 51.7 Å². The van der Waals surface area contributed by atoms with E-state index in [2.05, 4.69) is 4.98 Å². The predicted molar refractivity (Wildman–Crippen MR) is 120 cm³/mol. The Labute approximate surface area is 197 Å². The third-order valence-electron chi connectivity index (χ3n) is 7.84. The number of fused-ring (bicyclic) bond motifs is 9. The maximum atomic E-state index is 13.3. The van der Waals surface area contributed by atoms with Gasteiger partial charge in [-0.3, -0.25) is 24.1 Å². The van der Waals surface area contributed by atoms with E-state index in [1.807, 2.05) is 24.3 Å². The van der Waals surface area contributed by atoms with Crippen molar-refractivity contribution in [2.45, 2.75) is 29.0 Å². The first-order valence-corrected chi connectivity index (χ1v) is 12.7. The molecule has 4 aliphatic rings. The number of rotatable bonds is 5. The maximum Gasteiger partial charge on any atom is 0.305 e. The Morgan fingerprint density at radius 3 is 2.52 bits per heavy atom. The van der Waals surface area contributed by atoms with Gasteiger partial charge in [0.05, 0.1) is 30.4 Å². The van der Waals surface area contributed by atoms with Gasteiger partial charge in [-0.05, 0) is 41.9 Å². The normalized spacial score (nSPS) is 33.7. The van der Waals surface area contributed by atoms with Crippen molar-refractivity contribution in [2.75, 3.05) is 13.7 Å². The summed E-state index contributed by atoms with van der Waals surface area (Å²) in [6.45, 7) is -0.0650. The molecule has 2 amide bonds. The van der Waals surface area contributed by atoms with Crippen molar-refractivity contribution >= 4 is 40.9 Å². The number of carboxylic acid groups (broad SMARTS) is 1. The van der Waals surface area contributed by atoms with Crippen LogP contribution < -0.4 is 9.61 Å². The quantitative estimate of drug-likeness (QED) is 0.623. The summed E-state index contributed by atoms with van der Waals surface area (Å²) >= 11 is 2.87. The molecular formula is C23H22N2O6S2. The summed E-state index contributed by atoms with van der Waals surface area (Å²) in [7, 11) is 1.62. The summed E-state index contributed by atoms with van der Waals surface area (Å²) in [6.07, 6.45) is 0.578. The van der Waals surface area contributed by atoms with E-state index in [0.717, 1.165) is 27.6 Å². The summed E-state index contributed by atoms with van der Waals surface area (Å²) in [5.41, 5.74) is 1.08.